The maximum Gasteiger partial charge on any atom is 0.270 e. The van der Waals surface area contributed by atoms with Crippen LogP contribution in [-0.2, 0) is 0 Å². The van der Waals surface area contributed by atoms with E-state index in [0.717, 1.165) is 5.69 Å². The van der Waals surface area contributed by atoms with Crippen LogP contribution in [0.3, 0.4) is 0 Å². The molecule has 0 unspecified atom stereocenters. The molecule has 0 bridgehead atoms. The normalized spacial score (nSPS) is 12.0. The van der Waals surface area contributed by atoms with Crippen LogP contribution >= 0.6 is 0 Å². The number of amides is 1. The molecule has 0 aliphatic heterocycles. The Morgan fingerprint density at radius 3 is 2.88 bits per heavy atom. The van der Waals surface area contributed by atoms with Crippen LogP contribution in [0.4, 0.5) is 5.69 Å². The van der Waals surface area contributed by atoms with Crippen LogP contribution in [0.2, 0.25) is 0 Å². The summed E-state index contributed by atoms with van der Waals surface area (Å²) in [5.74, 6) is -0.273. The number of rotatable bonds is 4. The lowest BCUT2D eigenvalue weighted by atomic mass is 10.2. The van der Waals surface area contributed by atoms with Crippen molar-refractivity contribution in [1.82, 2.24) is 10.3 Å². The van der Waals surface area contributed by atoms with Gasteiger partial charge in [0.25, 0.3) is 5.91 Å². The fraction of sp³-hybridized carbons (Fsp3) is 0.455. The zero-order valence-electron chi connectivity index (χ0n) is 9.77. The Kier molecular flexibility index (Phi) is 4.25. The molecule has 1 rings (SSSR count). The lowest BCUT2D eigenvalue weighted by Gasteiger charge is -2.14. The number of carbonyl (C=O) groups is 1. The van der Waals surface area contributed by atoms with Crippen LogP contribution in [0.1, 0.15) is 17.4 Å². The van der Waals surface area contributed by atoms with Gasteiger partial charge in [-0.25, -0.2) is 0 Å². The molecule has 5 nitrogen and oxygen atoms in total. The van der Waals surface area contributed by atoms with Crippen molar-refractivity contribution < 1.29 is 9.90 Å². The smallest absolute Gasteiger partial charge is 0.270 e. The van der Waals surface area contributed by atoms with Gasteiger partial charge in [-0.15, -0.1) is 0 Å². The molecule has 1 aromatic heterocycles. The second kappa shape index (κ2) is 5.46. The molecule has 88 valence electrons. The largest absolute Gasteiger partial charge is 0.394 e. The summed E-state index contributed by atoms with van der Waals surface area (Å²) in [6.45, 7) is 1.65. The van der Waals surface area contributed by atoms with Crippen LogP contribution in [0, 0.1) is 0 Å². The van der Waals surface area contributed by atoms with Gasteiger partial charge in [0.1, 0.15) is 5.69 Å². The summed E-state index contributed by atoms with van der Waals surface area (Å²) in [6.07, 6.45) is 1.59. The summed E-state index contributed by atoms with van der Waals surface area (Å²) >= 11 is 0. The Bertz CT molecular complexity index is 366. The first-order valence-electron chi connectivity index (χ1n) is 5.09. The Balaban J connectivity index is 2.79. The van der Waals surface area contributed by atoms with Gasteiger partial charge in [-0.3, -0.25) is 9.78 Å². The van der Waals surface area contributed by atoms with Gasteiger partial charge in [0, 0.05) is 32.0 Å². The van der Waals surface area contributed by atoms with E-state index >= 15 is 0 Å². The highest BCUT2D eigenvalue weighted by Crippen LogP contribution is 2.10. The van der Waals surface area contributed by atoms with Gasteiger partial charge in [0.15, 0.2) is 0 Å². The number of aliphatic hydroxyl groups excluding tert-OH is 1. The number of anilines is 1. The minimum absolute atomic E-state index is 0.0842. The van der Waals surface area contributed by atoms with Gasteiger partial charge >= 0.3 is 0 Å². The molecule has 16 heavy (non-hydrogen) atoms. The van der Waals surface area contributed by atoms with Gasteiger partial charge in [0.2, 0.25) is 0 Å². The fourth-order valence-corrected chi connectivity index (χ4v) is 1.17. The monoisotopic (exact) mass is 223 g/mol. The minimum atomic E-state index is -0.273. The third-order valence-corrected chi connectivity index (χ3v) is 2.14. The summed E-state index contributed by atoms with van der Waals surface area (Å²) in [7, 11) is 3.79. The molecule has 0 spiro atoms. The molecule has 1 aromatic rings. The maximum absolute atomic E-state index is 11.7. The van der Waals surface area contributed by atoms with Crippen molar-refractivity contribution in [2.24, 2.45) is 0 Å². The SMILES string of the molecule is C[C@@H](CO)NC(=O)c1cc(N(C)C)ccn1. The molecule has 5 heteroatoms. The van der Waals surface area contributed by atoms with E-state index < -0.39 is 0 Å². The maximum atomic E-state index is 11.7. The predicted octanol–water partition coefficient (Wildman–Crippen LogP) is 0.258. The van der Waals surface area contributed by atoms with Crippen molar-refractivity contribution in [1.29, 1.82) is 0 Å². The molecule has 0 saturated carbocycles. The fourth-order valence-electron chi connectivity index (χ4n) is 1.17. The van der Waals surface area contributed by atoms with Crippen molar-refractivity contribution in [3.8, 4) is 0 Å². The first-order valence-corrected chi connectivity index (χ1v) is 5.09. The van der Waals surface area contributed by atoms with Crippen molar-refractivity contribution >= 4 is 11.6 Å². The number of aliphatic hydroxyl groups is 1. The molecule has 0 aliphatic rings. The Hall–Kier alpha value is -1.62. The molecular formula is C11H17N3O2. The Morgan fingerprint density at radius 2 is 2.31 bits per heavy atom. The molecule has 1 atom stereocenters. The zero-order chi connectivity index (χ0) is 12.1. The van der Waals surface area contributed by atoms with E-state index in [1.165, 1.54) is 0 Å². The zero-order valence-corrected chi connectivity index (χ0v) is 9.77. The van der Waals surface area contributed by atoms with E-state index in [1.54, 1.807) is 19.2 Å². The van der Waals surface area contributed by atoms with Gasteiger partial charge in [-0.2, -0.15) is 0 Å². The lowest BCUT2D eigenvalue weighted by molar-refractivity contribution is 0.0917. The second-order valence-corrected chi connectivity index (χ2v) is 3.85. The summed E-state index contributed by atoms with van der Waals surface area (Å²) in [5.41, 5.74) is 1.27. The molecule has 1 amide bonds. The highest BCUT2D eigenvalue weighted by Gasteiger charge is 2.11. The molecule has 0 aromatic carbocycles. The minimum Gasteiger partial charge on any atom is -0.394 e. The summed E-state index contributed by atoms with van der Waals surface area (Å²) < 4.78 is 0. The highest BCUT2D eigenvalue weighted by atomic mass is 16.3. The number of nitrogens with zero attached hydrogens (tertiary/aromatic N) is 2. The van der Waals surface area contributed by atoms with Crippen molar-refractivity contribution in [2.75, 3.05) is 25.6 Å². The molecule has 1 heterocycles. The molecular weight excluding hydrogens is 206 g/mol. The van der Waals surface area contributed by atoms with Crippen molar-refractivity contribution in [3.63, 3.8) is 0 Å². The number of pyridine rings is 1. The van der Waals surface area contributed by atoms with E-state index in [-0.39, 0.29) is 18.6 Å². The molecule has 0 fully saturated rings. The quantitative estimate of drug-likeness (QED) is 0.768. The third-order valence-electron chi connectivity index (χ3n) is 2.14. The van der Waals surface area contributed by atoms with Crippen LogP contribution in [0.25, 0.3) is 0 Å². The van der Waals surface area contributed by atoms with Gasteiger partial charge < -0.3 is 15.3 Å². The number of nitrogens with one attached hydrogen (secondary N) is 1. The van der Waals surface area contributed by atoms with E-state index in [4.69, 9.17) is 5.11 Å². The Morgan fingerprint density at radius 1 is 1.62 bits per heavy atom. The summed E-state index contributed by atoms with van der Waals surface area (Å²) in [6, 6.07) is 3.27. The topological polar surface area (TPSA) is 65.5 Å². The standard InChI is InChI=1S/C11H17N3O2/c1-8(7-15)13-11(16)10-6-9(14(2)3)4-5-12-10/h4-6,8,15H,7H2,1-3H3,(H,13,16)/t8-/m0/s1. The molecule has 0 radical (unpaired) electrons. The van der Waals surface area contributed by atoms with Crippen LogP contribution in [0.15, 0.2) is 18.3 Å². The van der Waals surface area contributed by atoms with Gasteiger partial charge in [-0.05, 0) is 19.1 Å². The summed E-state index contributed by atoms with van der Waals surface area (Å²) in [4.78, 5) is 17.6. The predicted molar refractivity (Wildman–Crippen MR) is 62.6 cm³/mol. The van der Waals surface area contributed by atoms with Crippen molar-refractivity contribution in [2.45, 2.75) is 13.0 Å². The molecule has 0 saturated heterocycles. The first kappa shape index (κ1) is 12.4. The third kappa shape index (κ3) is 3.20. The first-order chi connectivity index (χ1) is 7.54. The average Bonchev–Trinajstić information content (AvgIpc) is 2.28. The average molecular weight is 223 g/mol. The highest BCUT2D eigenvalue weighted by molar-refractivity contribution is 5.93. The van der Waals surface area contributed by atoms with E-state index in [2.05, 4.69) is 10.3 Å². The number of hydrogen-bond donors (Lipinski definition) is 2. The van der Waals surface area contributed by atoms with E-state index in [1.807, 2.05) is 25.1 Å². The van der Waals surface area contributed by atoms with Crippen LogP contribution in [-0.4, -0.2) is 42.7 Å². The Labute approximate surface area is 95.1 Å². The number of aromatic nitrogens is 1. The van der Waals surface area contributed by atoms with Crippen LogP contribution < -0.4 is 10.2 Å². The van der Waals surface area contributed by atoms with E-state index in [9.17, 15) is 4.79 Å². The molecule has 0 aliphatic carbocycles. The number of hydrogen-bond acceptors (Lipinski definition) is 4. The van der Waals surface area contributed by atoms with Gasteiger partial charge in [-0.1, -0.05) is 0 Å². The van der Waals surface area contributed by atoms with Crippen LogP contribution in [0.5, 0.6) is 0 Å². The lowest BCUT2D eigenvalue weighted by Crippen LogP contribution is -2.35. The van der Waals surface area contributed by atoms with E-state index in [0.29, 0.717) is 5.69 Å². The summed E-state index contributed by atoms with van der Waals surface area (Å²) in [5, 5.41) is 11.5. The van der Waals surface area contributed by atoms with Gasteiger partial charge in [0.05, 0.1) is 6.61 Å². The molecule has 2 N–H and O–H groups in total. The number of carbonyl (C=O) groups excluding carboxylic acids is 1. The van der Waals surface area contributed by atoms with Crippen molar-refractivity contribution in [3.05, 3.63) is 24.0 Å². The second-order valence-electron chi connectivity index (χ2n) is 3.85.